The number of carbonyl (C=O) groups is 1. The first-order chi connectivity index (χ1) is 19.0. The highest BCUT2D eigenvalue weighted by Crippen LogP contribution is 2.29. The lowest BCUT2D eigenvalue weighted by molar-refractivity contribution is -0.898. The Labute approximate surface area is 262 Å². The van der Waals surface area contributed by atoms with Crippen molar-refractivity contribution in [3.05, 3.63) is 79.5 Å². The average Bonchev–Trinajstić information content (AvgIpc) is 3.21. The second-order valence-electron chi connectivity index (χ2n) is 9.36. The molecule has 0 saturated heterocycles. The lowest BCUT2D eigenvalue weighted by Crippen LogP contribution is -3.00. The molecule has 2 N–H and O–H groups in total. The zero-order chi connectivity index (χ0) is 29.0. The summed E-state index contributed by atoms with van der Waals surface area (Å²) in [5.41, 5.74) is 1.73. The number of nitriles is 1. The van der Waals surface area contributed by atoms with Gasteiger partial charge in [0.1, 0.15) is 24.5 Å². The molecule has 16 heteroatoms. The van der Waals surface area contributed by atoms with Gasteiger partial charge < -0.3 is 42.2 Å². The zero-order valence-corrected chi connectivity index (χ0v) is 26.7. The van der Waals surface area contributed by atoms with Crippen molar-refractivity contribution >= 4 is 71.8 Å². The van der Waals surface area contributed by atoms with Crippen LogP contribution in [-0.2, 0) is 18.4 Å². The van der Waals surface area contributed by atoms with E-state index in [1.165, 1.54) is 17.0 Å². The molecule has 0 bridgehead atoms. The Morgan fingerprint density at radius 2 is 1.98 bits per heavy atom. The van der Waals surface area contributed by atoms with E-state index in [-0.39, 0.29) is 39.7 Å². The Morgan fingerprint density at radius 3 is 2.66 bits per heavy atom. The van der Waals surface area contributed by atoms with Crippen LogP contribution in [0.5, 0.6) is 0 Å². The number of nitro groups is 1. The summed E-state index contributed by atoms with van der Waals surface area (Å²) in [6.45, 7) is 0.609. The van der Waals surface area contributed by atoms with Gasteiger partial charge in [0.05, 0.1) is 32.4 Å². The van der Waals surface area contributed by atoms with Crippen LogP contribution in [-0.4, -0.2) is 60.5 Å². The van der Waals surface area contributed by atoms with Gasteiger partial charge in [-0.05, 0) is 72.1 Å². The number of hydrogen-bond donors (Lipinski definition) is 2. The summed E-state index contributed by atoms with van der Waals surface area (Å²) < 4.78 is 3.50. The number of likely N-dealkylation sites (N-methyl/N-ethyl adjacent to an activating group) is 1. The SMILES string of the molecule is Cn1c(C#N)nc([N+](=O)[O-])c1C[N+](C)(C)C/C=C/C(=O)Nc1cc2c(Nc3ccc(Br)c(Br)c3)ncnc2cn1.[Br-]. The fraction of sp³-hybridized carbons (Fsp3) is 0.200. The summed E-state index contributed by atoms with van der Waals surface area (Å²) in [7, 11) is 5.28. The Balaban J connectivity index is 0.00000462. The molecule has 4 rings (SSSR count). The molecular weight excluding hydrogens is 728 g/mol. The molecule has 0 aliphatic heterocycles. The van der Waals surface area contributed by atoms with Gasteiger partial charge in [-0.3, -0.25) is 9.36 Å². The number of halogens is 3. The molecular formula is C25H23Br3N10O3. The van der Waals surface area contributed by atoms with Gasteiger partial charge in [0.15, 0.2) is 11.8 Å². The standard InChI is InChI=1S/C25H22Br2N10O3.BrH/c1-35-20(25(36(39)40)34-22(35)11-28)13-37(2,3)8-4-5-23(38)33-21-10-16-19(12-29-21)30-14-31-24(16)32-15-6-7-17(26)18(27)9-15;/h4-7,9-10,12,14H,8,13H2,1-3H3,(H-,29,30,31,32,33,38);1H/b5-4+;. The molecule has 0 saturated carbocycles. The van der Waals surface area contributed by atoms with E-state index in [2.05, 4.69) is 62.4 Å². The van der Waals surface area contributed by atoms with Gasteiger partial charge in [-0.25, -0.2) is 15.0 Å². The van der Waals surface area contributed by atoms with Gasteiger partial charge in [0.25, 0.3) is 0 Å². The predicted octanol–water partition coefficient (Wildman–Crippen LogP) is 1.58. The van der Waals surface area contributed by atoms with Gasteiger partial charge in [0, 0.05) is 33.1 Å². The zero-order valence-electron chi connectivity index (χ0n) is 22.0. The maximum atomic E-state index is 12.6. The minimum atomic E-state index is -0.597. The van der Waals surface area contributed by atoms with Crippen molar-refractivity contribution in [1.29, 1.82) is 5.26 Å². The Bertz CT molecular complexity index is 1700. The van der Waals surface area contributed by atoms with E-state index in [1.807, 2.05) is 38.4 Å². The summed E-state index contributed by atoms with van der Waals surface area (Å²) in [6.07, 6.45) is 6.04. The van der Waals surface area contributed by atoms with E-state index >= 15 is 0 Å². The van der Waals surface area contributed by atoms with Crippen molar-refractivity contribution in [3.8, 4) is 6.07 Å². The first-order valence-corrected chi connectivity index (χ1v) is 13.3. The molecule has 212 valence electrons. The first kappa shape index (κ1) is 31.7. The number of quaternary nitrogens is 1. The van der Waals surface area contributed by atoms with Gasteiger partial charge >= 0.3 is 11.6 Å². The monoisotopic (exact) mass is 748 g/mol. The molecule has 3 aromatic heterocycles. The number of imidazole rings is 1. The number of pyridine rings is 1. The molecule has 0 atom stereocenters. The van der Waals surface area contributed by atoms with E-state index in [1.54, 1.807) is 25.4 Å². The number of anilines is 3. The first-order valence-electron chi connectivity index (χ1n) is 11.7. The number of rotatable bonds is 9. The van der Waals surface area contributed by atoms with Crippen LogP contribution in [0.3, 0.4) is 0 Å². The fourth-order valence-corrected chi connectivity index (χ4v) is 4.49. The molecule has 13 nitrogen and oxygen atoms in total. The van der Waals surface area contributed by atoms with Crippen molar-refractivity contribution in [3.63, 3.8) is 0 Å². The van der Waals surface area contributed by atoms with Crippen molar-refractivity contribution in [2.75, 3.05) is 31.3 Å². The second-order valence-corrected chi connectivity index (χ2v) is 11.1. The molecule has 0 aliphatic carbocycles. The Morgan fingerprint density at radius 1 is 1.22 bits per heavy atom. The molecule has 41 heavy (non-hydrogen) atoms. The number of fused-ring (bicyclic) bond motifs is 1. The van der Waals surface area contributed by atoms with Crippen molar-refractivity contribution in [1.82, 2.24) is 24.5 Å². The normalized spacial score (nSPS) is 11.2. The highest BCUT2D eigenvalue weighted by atomic mass is 79.9. The lowest BCUT2D eigenvalue weighted by atomic mass is 10.2. The molecule has 4 aromatic rings. The van der Waals surface area contributed by atoms with Gasteiger partial charge in [-0.15, -0.1) is 0 Å². The summed E-state index contributed by atoms with van der Waals surface area (Å²) in [5, 5.41) is 27.3. The maximum absolute atomic E-state index is 12.6. The van der Waals surface area contributed by atoms with Crippen molar-refractivity contribution in [2.45, 2.75) is 6.54 Å². The minimum absolute atomic E-state index is 0. The number of amides is 1. The van der Waals surface area contributed by atoms with Gasteiger partial charge in [-0.1, -0.05) is 0 Å². The summed E-state index contributed by atoms with van der Waals surface area (Å²) in [6, 6.07) is 9.25. The van der Waals surface area contributed by atoms with Gasteiger partial charge in [-0.2, -0.15) is 5.26 Å². The van der Waals surface area contributed by atoms with Crippen LogP contribution >= 0.6 is 31.9 Å². The lowest BCUT2D eigenvalue weighted by Gasteiger charge is -2.28. The van der Waals surface area contributed by atoms with Crippen molar-refractivity contribution < 1.29 is 31.2 Å². The molecule has 3 heterocycles. The van der Waals surface area contributed by atoms with Crippen LogP contribution in [0.1, 0.15) is 11.5 Å². The van der Waals surface area contributed by atoms with Crippen LogP contribution in [0.4, 0.5) is 23.1 Å². The van der Waals surface area contributed by atoms with E-state index in [9.17, 15) is 20.2 Å². The van der Waals surface area contributed by atoms with E-state index < -0.39 is 10.8 Å². The third-order valence-electron chi connectivity index (χ3n) is 5.87. The molecule has 0 radical (unpaired) electrons. The predicted molar refractivity (Wildman–Crippen MR) is 155 cm³/mol. The van der Waals surface area contributed by atoms with Crippen LogP contribution in [0.15, 0.2) is 57.9 Å². The molecule has 0 aliphatic rings. The highest BCUT2D eigenvalue weighted by molar-refractivity contribution is 9.13. The van der Waals surface area contributed by atoms with E-state index in [0.717, 1.165) is 14.6 Å². The van der Waals surface area contributed by atoms with Crippen LogP contribution in [0, 0.1) is 21.4 Å². The molecule has 0 unspecified atom stereocenters. The van der Waals surface area contributed by atoms with Gasteiger partial charge in [0.2, 0.25) is 5.91 Å². The van der Waals surface area contributed by atoms with E-state index in [0.29, 0.717) is 34.8 Å². The maximum Gasteiger partial charge on any atom is 0.392 e. The summed E-state index contributed by atoms with van der Waals surface area (Å²) >= 11 is 6.94. The number of hydrogen-bond acceptors (Lipinski definition) is 9. The fourth-order valence-electron chi connectivity index (χ4n) is 3.86. The van der Waals surface area contributed by atoms with Crippen LogP contribution < -0.4 is 27.6 Å². The average molecular weight is 751 g/mol. The smallest absolute Gasteiger partial charge is 0.392 e. The van der Waals surface area contributed by atoms with Crippen LogP contribution in [0.25, 0.3) is 10.9 Å². The number of carbonyl (C=O) groups excluding carboxylic acids is 1. The number of aromatic nitrogens is 5. The summed E-state index contributed by atoms with van der Waals surface area (Å²) in [4.78, 5) is 40.1. The highest BCUT2D eigenvalue weighted by Gasteiger charge is 2.30. The van der Waals surface area contributed by atoms with E-state index in [4.69, 9.17) is 0 Å². The third kappa shape index (κ3) is 7.70. The number of benzene rings is 1. The topological polar surface area (TPSA) is 165 Å². The Kier molecular flexibility index (Phi) is 10.3. The minimum Gasteiger partial charge on any atom is -1.00 e. The molecule has 1 amide bonds. The Hall–Kier alpha value is -3.78. The summed E-state index contributed by atoms with van der Waals surface area (Å²) in [5.74, 6) is 0.0945. The third-order valence-corrected chi connectivity index (χ3v) is 7.75. The largest absolute Gasteiger partial charge is 1.00 e. The van der Waals surface area contributed by atoms with Crippen LogP contribution in [0.2, 0.25) is 0 Å². The molecule has 1 aromatic carbocycles. The molecule has 0 fully saturated rings. The quantitative estimate of drug-likeness (QED) is 0.112. The number of nitrogens with zero attached hydrogens (tertiary/aromatic N) is 8. The molecule has 0 spiro atoms. The van der Waals surface area contributed by atoms with Crippen molar-refractivity contribution in [2.24, 2.45) is 7.05 Å². The number of nitrogens with one attached hydrogen (secondary N) is 2. The second kappa shape index (κ2) is 13.3.